The maximum atomic E-state index is 13.4. The number of hydrogen-bond donors (Lipinski definition) is 0. The zero-order chi connectivity index (χ0) is 20.4. The summed E-state index contributed by atoms with van der Waals surface area (Å²) in [6.07, 6.45) is 3.90. The first-order valence-corrected chi connectivity index (χ1v) is 9.16. The van der Waals surface area contributed by atoms with Crippen molar-refractivity contribution in [2.75, 3.05) is 13.1 Å². The molecule has 3 aromatic rings. The van der Waals surface area contributed by atoms with Gasteiger partial charge in [0.25, 0.3) is 11.8 Å². The molecule has 0 saturated carbocycles. The van der Waals surface area contributed by atoms with Gasteiger partial charge in [0.05, 0.1) is 23.3 Å². The third-order valence-corrected chi connectivity index (χ3v) is 4.84. The Morgan fingerprint density at radius 1 is 1.14 bits per heavy atom. The van der Waals surface area contributed by atoms with Crippen LogP contribution in [0.15, 0.2) is 48.9 Å². The maximum absolute atomic E-state index is 13.4. The second kappa shape index (κ2) is 7.65. The van der Waals surface area contributed by atoms with Crippen LogP contribution in [-0.4, -0.2) is 49.6 Å². The maximum Gasteiger partial charge on any atom is 0.274 e. The van der Waals surface area contributed by atoms with Gasteiger partial charge in [-0.25, -0.2) is 17.9 Å². The quantitative estimate of drug-likeness (QED) is 0.669. The van der Waals surface area contributed by atoms with Crippen LogP contribution in [0.2, 0.25) is 0 Å². The van der Waals surface area contributed by atoms with E-state index >= 15 is 0 Å². The molecule has 0 aromatic carbocycles. The Bertz CT molecular complexity index is 995. The van der Waals surface area contributed by atoms with Crippen LogP contribution in [0.1, 0.15) is 28.9 Å². The first kappa shape index (κ1) is 19.1. The Hall–Kier alpha value is -3.23. The van der Waals surface area contributed by atoms with Gasteiger partial charge in [0, 0.05) is 43.9 Å². The topological polar surface area (TPSA) is 63.9 Å². The average molecular weight is 401 g/mol. The number of rotatable bonds is 4. The molecule has 3 aromatic heterocycles. The number of carbonyl (C=O) groups excluding carboxylic acids is 1. The molecule has 1 saturated heterocycles. The molecule has 0 atom stereocenters. The molecule has 0 aliphatic carbocycles. The summed E-state index contributed by atoms with van der Waals surface area (Å²) in [5.41, 5.74) is 2.21. The Labute approximate surface area is 165 Å². The van der Waals surface area contributed by atoms with E-state index < -0.39 is 18.5 Å². The molecule has 1 aliphatic heterocycles. The third-order valence-electron chi connectivity index (χ3n) is 4.84. The minimum atomic E-state index is -2.74. The standard InChI is InChI=1S/C20H18F3N5O/c21-11-14-3-4-16(25-12-14)18-10-17(26-28(18)15-2-1-7-24-13-15)19(29)27-8-5-20(22,23)6-9-27/h1-4,7,10,12-13H,5-6,8-9,11H2. The van der Waals surface area contributed by atoms with Crippen LogP contribution in [0, 0.1) is 0 Å². The van der Waals surface area contributed by atoms with E-state index in [2.05, 4.69) is 15.1 Å². The van der Waals surface area contributed by atoms with Gasteiger partial charge in [-0.05, 0) is 24.3 Å². The summed E-state index contributed by atoms with van der Waals surface area (Å²) >= 11 is 0. The number of halogens is 3. The molecule has 0 bridgehead atoms. The van der Waals surface area contributed by atoms with E-state index in [1.807, 2.05) is 0 Å². The van der Waals surface area contributed by atoms with Gasteiger partial charge in [-0.1, -0.05) is 6.07 Å². The summed E-state index contributed by atoms with van der Waals surface area (Å²) in [6, 6.07) is 8.33. The summed E-state index contributed by atoms with van der Waals surface area (Å²) in [5, 5.41) is 4.39. The molecule has 150 valence electrons. The normalized spacial score (nSPS) is 16.0. The predicted octanol–water partition coefficient (Wildman–Crippen LogP) is 3.67. The lowest BCUT2D eigenvalue weighted by Crippen LogP contribution is -2.42. The fraction of sp³-hybridized carbons (Fsp3) is 0.300. The van der Waals surface area contributed by atoms with Crippen molar-refractivity contribution in [2.24, 2.45) is 0 Å². The summed E-state index contributed by atoms with van der Waals surface area (Å²) < 4.78 is 41.2. The fourth-order valence-corrected chi connectivity index (χ4v) is 3.20. The molecule has 4 rings (SSSR count). The highest BCUT2D eigenvalue weighted by Gasteiger charge is 2.36. The summed E-state index contributed by atoms with van der Waals surface area (Å²) in [6.45, 7) is -0.673. The number of hydrogen-bond acceptors (Lipinski definition) is 4. The number of piperidine rings is 1. The number of pyridine rings is 2. The predicted molar refractivity (Wildman–Crippen MR) is 99.5 cm³/mol. The Kier molecular flexibility index (Phi) is 5.04. The van der Waals surface area contributed by atoms with Gasteiger partial charge in [0.15, 0.2) is 5.69 Å². The number of alkyl halides is 3. The van der Waals surface area contributed by atoms with Crippen LogP contribution in [0.3, 0.4) is 0 Å². The van der Waals surface area contributed by atoms with Crippen molar-refractivity contribution < 1.29 is 18.0 Å². The largest absolute Gasteiger partial charge is 0.337 e. The molecule has 0 unspecified atom stereocenters. The Morgan fingerprint density at radius 3 is 2.55 bits per heavy atom. The van der Waals surface area contributed by atoms with Crippen LogP contribution >= 0.6 is 0 Å². The Morgan fingerprint density at radius 2 is 1.93 bits per heavy atom. The number of aromatic nitrogens is 4. The van der Waals surface area contributed by atoms with Crippen LogP contribution in [0.25, 0.3) is 17.1 Å². The van der Waals surface area contributed by atoms with Crippen molar-refractivity contribution in [3.05, 3.63) is 60.2 Å². The molecule has 0 N–H and O–H groups in total. The van der Waals surface area contributed by atoms with Gasteiger partial charge >= 0.3 is 0 Å². The van der Waals surface area contributed by atoms with Gasteiger partial charge in [0.2, 0.25) is 0 Å². The van der Waals surface area contributed by atoms with E-state index in [0.29, 0.717) is 22.6 Å². The zero-order valence-electron chi connectivity index (χ0n) is 15.4. The van der Waals surface area contributed by atoms with Crippen LogP contribution in [0.5, 0.6) is 0 Å². The summed E-state index contributed by atoms with van der Waals surface area (Å²) in [7, 11) is 0. The smallest absolute Gasteiger partial charge is 0.274 e. The van der Waals surface area contributed by atoms with Crippen LogP contribution in [-0.2, 0) is 6.67 Å². The molecule has 6 nitrogen and oxygen atoms in total. The SMILES string of the molecule is O=C(c1cc(-c2ccc(CF)cn2)n(-c2cccnc2)n1)N1CCC(F)(F)CC1. The molecule has 0 spiro atoms. The molecule has 29 heavy (non-hydrogen) atoms. The number of amides is 1. The minimum Gasteiger partial charge on any atom is -0.337 e. The Balaban J connectivity index is 1.70. The molecule has 9 heteroatoms. The van der Waals surface area contributed by atoms with Crippen molar-refractivity contribution in [1.82, 2.24) is 24.6 Å². The first-order chi connectivity index (χ1) is 14.0. The van der Waals surface area contributed by atoms with Crippen molar-refractivity contribution in [3.8, 4) is 17.1 Å². The number of carbonyl (C=O) groups is 1. The van der Waals surface area contributed by atoms with Crippen molar-refractivity contribution >= 4 is 5.91 Å². The van der Waals surface area contributed by atoms with Crippen LogP contribution in [0.4, 0.5) is 13.2 Å². The van der Waals surface area contributed by atoms with Crippen molar-refractivity contribution in [3.63, 3.8) is 0 Å². The molecule has 1 amide bonds. The molecule has 0 radical (unpaired) electrons. The zero-order valence-corrected chi connectivity index (χ0v) is 15.4. The summed E-state index contributed by atoms with van der Waals surface area (Å²) in [4.78, 5) is 22.6. The summed E-state index contributed by atoms with van der Waals surface area (Å²) in [5.74, 6) is -3.15. The lowest BCUT2D eigenvalue weighted by atomic mass is 10.1. The highest BCUT2D eigenvalue weighted by atomic mass is 19.3. The van der Waals surface area contributed by atoms with E-state index in [-0.39, 0.29) is 31.6 Å². The highest BCUT2D eigenvalue weighted by Crippen LogP contribution is 2.29. The van der Waals surface area contributed by atoms with E-state index in [4.69, 9.17) is 0 Å². The molecular weight excluding hydrogens is 383 g/mol. The van der Waals surface area contributed by atoms with Crippen LogP contribution < -0.4 is 0 Å². The fourth-order valence-electron chi connectivity index (χ4n) is 3.20. The number of nitrogens with zero attached hydrogens (tertiary/aromatic N) is 5. The first-order valence-electron chi connectivity index (χ1n) is 9.16. The molecule has 1 aliphatic rings. The van der Waals surface area contributed by atoms with E-state index in [1.54, 1.807) is 42.7 Å². The van der Waals surface area contributed by atoms with Gasteiger partial charge in [-0.15, -0.1) is 0 Å². The van der Waals surface area contributed by atoms with Crippen molar-refractivity contribution in [2.45, 2.75) is 25.4 Å². The van der Waals surface area contributed by atoms with Crippen molar-refractivity contribution in [1.29, 1.82) is 0 Å². The molecule has 4 heterocycles. The molecule has 1 fully saturated rings. The lowest BCUT2D eigenvalue weighted by molar-refractivity contribution is -0.0495. The van der Waals surface area contributed by atoms with Gasteiger partial charge in [0.1, 0.15) is 6.67 Å². The third kappa shape index (κ3) is 3.98. The van der Waals surface area contributed by atoms with E-state index in [9.17, 15) is 18.0 Å². The van der Waals surface area contributed by atoms with Gasteiger partial charge in [-0.2, -0.15) is 5.10 Å². The minimum absolute atomic E-state index is 0.0234. The second-order valence-electron chi connectivity index (χ2n) is 6.87. The van der Waals surface area contributed by atoms with E-state index in [0.717, 1.165) is 0 Å². The molecular formula is C20H18F3N5O. The lowest BCUT2D eigenvalue weighted by Gasteiger charge is -2.31. The average Bonchev–Trinajstić information content (AvgIpc) is 3.19. The monoisotopic (exact) mass is 401 g/mol. The second-order valence-corrected chi connectivity index (χ2v) is 6.87. The number of likely N-dealkylation sites (tertiary alicyclic amines) is 1. The highest BCUT2D eigenvalue weighted by molar-refractivity contribution is 5.93. The van der Waals surface area contributed by atoms with E-state index in [1.165, 1.54) is 15.8 Å². The van der Waals surface area contributed by atoms with Gasteiger partial charge in [-0.3, -0.25) is 14.8 Å². The van der Waals surface area contributed by atoms with Gasteiger partial charge < -0.3 is 4.90 Å².